The van der Waals surface area contributed by atoms with Gasteiger partial charge in [0.1, 0.15) is 5.60 Å². The molecule has 0 aromatic heterocycles. The van der Waals surface area contributed by atoms with Gasteiger partial charge in [-0.15, -0.1) is 0 Å². The predicted molar refractivity (Wildman–Crippen MR) is 75.7 cm³/mol. The Labute approximate surface area is 120 Å². The maximum absolute atomic E-state index is 12.1. The van der Waals surface area contributed by atoms with Gasteiger partial charge in [0.2, 0.25) is 0 Å². The highest BCUT2D eigenvalue weighted by Gasteiger charge is 2.30. The summed E-state index contributed by atoms with van der Waals surface area (Å²) < 4.78 is 5.37. The molecule has 0 unspecified atom stereocenters. The van der Waals surface area contributed by atoms with Crippen LogP contribution in [0.4, 0.5) is 4.79 Å². The fourth-order valence-corrected chi connectivity index (χ4v) is 2.42. The summed E-state index contributed by atoms with van der Waals surface area (Å²) in [6, 6.07) is 0.0948. The lowest BCUT2D eigenvalue weighted by Gasteiger charge is -2.38. The Kier molecular flexibility index (Phi) is 5.80. The normalized spacial score (nSPS) is 20.1. The van der Waals surface area contributed by atoms with Crippen molar-refractivity contribution in [3.05, 3.63) is 0 Å². The Balaban J connectivity index is 2.61. The van der Waals surface area contributed by atoms with Crippen LogP contribution in [0.3, 0.4) is 0 Å². The van der Waals surface area contributed by atoms with E-state index in [1.165, 1.54) is 0 Å². The number of carboxylic acids is 1. The molecule has 1 saturated heterocycles. The molecule has 1 heterocycles. The highest BCUT2D eigenvalue weighted by atomic mass is 16.6. The van der Waals surface area contributed by atoms with Gasteiger partial charge in [0, 0.05) is 19.1 Å². The lowest BCUT2D eigenvalue weighted by molar-refractivity contribution is -0.139. The summed E-state index contributed by atoms with van der Waals surface area (Å²) >= 11 is 0. The molecule has 1 aliphatic rings. The Morgan fingerprint density at radius 3 is 2.55 bits per heavy atom. The van der Waals surface area contributed by atoms with Crippen molar-refractivity contribution in [3.8, 4) is 0 Å². The molecule has 0 aliphatic carbocycles. The standard InChI is InChI=1S/C14H26N2O4/c1-5-15(10-12(17)18)11-7-6-8-16(9-11)13(19)20-14(2,3)4/h11H,5-10H2,1-4H3,(H,17,18)/t11-/m0/s1. The van der Waals surface area contributed by atoms with Crippen molar-refractivity contribution >= 4 is 12.1 Å². The van der Waals surface area contributed by atoms with Crippen molar-refractivity contribution in [2.24, 2.45) is 0 Å². The van der Waals surface area contributed by atoms with Crippen LogP contribution >= 0.6 is 0 Å². The van der Waals surface area contributed by atoms with Crippen LogP contribution in [0.5, 0.6) is 0 Å². The number of hydrogen-bond donors (Lipinski definition) is 1. The van der Waals surface area contributed by atoms with Crippen LogP contribution in [-0.2, 0) is 9.53 Å². The summed E-state index contributed by atoms with van der Waals surface area (Å²) in [5.41, 5.74) is -0.504. The maximum atomic E-state index is 12.1. The number of likely N-dealkylation sites (tertiary alicyclic amines) is 1. The predicted octanol–water partition coefficient (Wildman–Crippen LogP) is 1.79. The number of nitrogens with zero attached hydrogens (tertiary/aromatic N) is 2. The first kappa shape index (κ1) is 16.8. The largest absolute Gasteiger partial charge is 0.480 e. The molecule has 1 aliphatic heterocycles. The minimum absolute atomic E-state index is 0.0172. The highest BCUT2D eigenvalue weighted by molar-refractivity contribution is 5.69. The smallest absolute Gasteiger partial charge is 0.410 e. The molecule has 1 amide bonds. The number of carbonyl (C=O) groups is 2. The molecule has 0 aromatic rings. The third kappa shape index (κ3) is 5.36. The summed E-state index contributed by atoms with van der Waals surface area (Å²) in [6.45, 7) is 9.36. The zero-order chi connectivity index (χ0) is 15.3. The van der Waals surface area contributed by atoms with Crippen molar-refractivity contribution in [2.75, 3.05) is 26.2 Å². The molecule has 0 bridgehead atoms. The topological polar surface area (TPSA) is 70.1 Å². The van der Waals surface area contributed by atoms with E-state index in [1.54, 1.807) is 4.90 Å². The summed E-state index contributed by atoms with van der Waals surface area (Å²) in [7, 11) is 0. The van der Waals surface area contributed by atoms with Gasteiger partial charge in [0.25, 0.3) is 0 Å². The fraction of sp³-hybridized carbons (Fsp3) is 0.857. The summed E-state index contributed by atoms with van der Waals surface area (Å²) in [5.74, 6) is -0.832. The molecule has 1 fully saturated rings. The third-order valence-electron chi connectivity index (χ3n) is 3.31. The molecule has 1 atom stereocenters. The summed E-state index contributed by atoms with van der Waals surface area (Å²) in [6.07, 6.45) is 1.48. The number of hydrogen-bond acceptors (Lipinski definition) is 4. The van der Waals surface area contributed by atoms with E-state index in [0.29, 0.717) is 19.6 Å². The van der Waals surface area contributed by atoms with Crippen molar-refractivity contribution in [1.82, 2.24) is 9.80 Å². The van der Waals surface area contributed by atoms with Gasteiger partial charge in [-0.1, -0.05) is 6.92 Å². The molecule has 0 saturated carbocycles. The van der Waals surface area contributed by atoms with Crippen molar-refractivity contribution in [1.29, 1.82) is 0 Å². The van der Waals surface area contributed by atoms with Crippen molar-refractivity contribution in [3.63, 3.8) is 0 Å². The van der Waals surface area contributed by atoms with Crippen LogP contribution < -0.4 is 0 Å². The molecule has 0 spiro atoms. The van der Waals surface area contributed by atoms with Gasteiger partial charge < -0.3 is 14.7 Å². The number of rotatable bonds is 4. The summed E-state index contributed by atoms with van der Waals surface area (Å²) in [5, 5.41) is 8.93. The number of piperidine rings is 1. The highest BCUT2D eigenvalue weighted by Crippen LogP contribution is 2.18. The lowest BCUT2D eigenvalue weighted by Crippen LogP contribution is -2.51. The van der Waals surface area contributed by atoms with E-state index in [4.69, 9.17) is 9.84 Å². The van der Waals surface area contributed by atoms with Gasteiger partial charge in [0.15, 0.2) is 0 Å². The minimum atomic E-state index is -0.832. The molecular weight excluding hydrogens is 260 g/mol. The second kappa shape index (κ2) is 6.92. The average Bonchev–Trinajstić information content (AvgIpc) is 2.34. The quantitative estimate of drug-likeness (QED) is 0.853. The molecule has 0 radical (unpaired) electrons. The molecule has 1 rings (SSSR count). The third-order valence-corrected chi connectivity index (χ3v) is 3.31. The molecule has 1 N–H and O–H groups in total. The number of carbonyl (C=O) groups excluding carboxylic acids is 1. The molecule has 6 heteroatoms. The molecule has 116 valence electrons. The fourth-order valence-electron chi connectivity index (χ4n) is 2.42. The van der Waals surface area contributed by atoms with Crippen LogP contribution in [0.1, 0.15) is 40.5 Å². The van der Waals surface area contributed by atoms with Crippen LogP contribution in [0.25, 0.3) is 0 Å². The van der Waals surface area contributed by atoms with Crippen LogP contribution in [-0.4, -0.2) is 64.8 Å². The average molecular weight is 286 g/mol. The lowest BCUT2D eigenvalue weighted by atomic mass is 10.0. The first-order chi connectivity index (χ1) is 9.23. The zero-order valence-corrected chi connectivity index (χ0v) is 12.9. The Hall–Kier alpha value is -1.30. The zero-order valence-electron chi connectivity index (χ0n) is 12.9. The minimum Gasteiger partial charge on any atom is -0.480 e. The SMILES string of the molecule is CCN(CC(=O)O)[C@H]1CCCN(C(=O)OC(C)(C)C)C1. The van der Waals surface area contributed by atoms with Gasteiger partial charge in [-0.25, -0.2) is 4.79 Å². The maximum Gasteiger partial charge on any atom is 0.410 e. The van der Waals surface area contributed by atoms with Crippen molar-refractivity contribution < 1.29 is 19.4 Å². The Bertz CT molecular complexity index is 352. The van der Waals surface area contributed by atoms with Crippen LogP contribution in [0.15, 0.2) is 0 Å². The molecule has 20 heavy (non-hydrogen) atoms. The second-order valence-electron chi connectivity index (χ2n) is 6.18. The van der Waals surface area contributed by atoms with Gasteiger partial charge in [-0.2, -0.15) is 0 Å². The monoisotopic (exact) mass is 286 g/mol. The van der Waals surface area contributed by atoms with E-state index in [9.17, 15) is 9.59 Å². The number of likely N-dealkylation sites (N-methyl/N-ethyl adjacent to an activating group) is 1. The Morgan fingerprint density at radius 1 is 1.40 bits per heavy atom. The number of amides is 1. The first-order valence-corrected chi connectivity index (χ1v) is 7.16. The van der Waals surface area contributed by atoms with E-state index >= 15 is 0 Å². The Morgan fingerprint density at radius 2 is 2.05 bits per heavy atom. The van der Waals surface area contributed by atoms with Gasteiger partial charge >= 0.3 is 12.1 Å². The van der Waals surface area contributed by atoms with Gasteiger partial charge in [-0.3, -0.25) is 9.69 Å². The first-order valence-electron chi connectivity index (χ1n) is 7.16. The molecule has 0 aromatic carbocycles. The van der Waals surface area contributed by atoms with Gasteiger partial charge in [0.05, 0.1) is 6.54 Å². The van der Waals surface area contributed by atoms with E-state index in [-0.39, 0.29) is 18.7 Å². The second-order valence-corrected chi connectivity index (χ2v) is 6.18. The number of carboxylic acid groups (broad SMARTS) is 1. The van der Waals surface area contributed by atoms with Gasteiger partial charge in [-0.05, 0) is 40.2 Å². The van der Waals surface area contributed by atoms with E-state index < -0.39 is 11.6 Å². The molecular formula is C14H26N2O4. The van der Waals surface area contributed by atoms with Crippen molar-refractivity contribution in [2.45, 2.75) is 52.2 Å². The van der Waals surface area contributed by atoms with E-state index in [2.05, 4.69) is 0 Å². The van der Waals surface area contributed by atoms with E-state index in [0.717, 1.165) is 12.8 Å². The van der Waals surface area contributed by atoms with Crippen LogP contribution in [0, 0.1) is 0 Å². The summed E-state index contributed by atoms with van der Waals surface area (Å²) in [4.78, 5) is 26.5. The number of ether oxygens (including phenoxy) is 1. The van der Waals surface area contributed by atoms with E-state index in [1.807, 2.05) is 32.6 Å². The molecule has 6 nitrogen and oxygen atoms in total. The van der Waals surface area contributed by atoms with Crippen LogP contribution in [0.2, 0.25) is 0 Å². The number of aliphatic carboxylic acids is 1.